The molecule has 1 fully saturated rings. The molecule has 1 saturated carbocycles. The summed E-state index contributed by atoms with van der Waals surface area (Å²) >= 11 is 0. The third kappa shape index (κ3) is 3.30. The molecule has 0 bridgehead atoms. The molecule has 0 spiro atoms. The Morgan fingerprint density at radius 3 is 2.29 bits per heavy atom. The maximum atomic E-state index is 13.5. The van der Waals surface area contributed by atoms with E-state index in [9.17, 15) is 13.2 Å². The van der Waals surface area contributed by atoms with Crippen LogP contribution in [0.5, 0.6) is 0 Å². The van der Waals surface area contributed by atoms with Crippen LogP contribution in [-0.2, 0) is 10.0 Å². The van der Waals surface area contributed by atoms with Gasteiger partial charge in [-0.1, -0.05) is 37.5 Å². The lowest BCUT2D eigenvalue weighted by Crippen LogP contribution is -2.52. The Kier molecular flexibility index (Phi) is 4.91. The molecular formula is C22H26N2O3S. The number of nitrogens with zero attached hydrogens (tertiary/aromatic N) is 2. The first-order valence-electron chi connectivity index (χ1n) is 9.92. The zero-order valence-electron chi connectivity index (χ0n) is 16.4. The summed E-state index contributed by atoms with van der Waals surface area (Å²) in [7, 11) is -3.95. The minimum atomic E-state index is -3.95. The molecule has 0 saturated heterocycles. The summed E-state index contributed by atoms with van der Waals surface area (Å²) in [6.45, 7) is 4.38. The van der Waals surface area contributed by atoms with Crippen molar-refractivity contribution in [2.45, 2.75) is 50.8 Å². The van der Waals surface area contributed by atoms with E-state index in [1.165, 1.54) is 19.3 Å². The van der Waals surface area contributed by atoms with Crippen LogP contribution in [0.25, 0.3) is 0 Å². The number of urea groups is 1. The Morgan fingerprint density at radius 1 is 0.964 bits per heavy atom. The van der Waals surface area contributed by atoms with Crippen LogP contribution in [0.4, 0.5) is 16.2 Å². The fourth-order valence-electron chi connectivity index (χ4n) is 4.43. The Bertz CT molecular complexity index is 990. The Hall–Kier alpha value is -2.34. The molecule has 4 rings (SSSR count). The number of carbonyl (C=O) groups is 1. The third-order valence-electron chi connectivity index (χ3n) is 5.69. The molecule has 6 heteroatoms. The maximum Gasteiger partial charge on any atom is 0.343 e. The summed E-state index contributed by atoms with van der Waals surface area (Å²) in [6, 6.07) is 11.9. The summed E-state index contributed by atoms with van der Waals surface area (Å²) in [4.78, 5) is 15.3. The van der Waals surface area contributed by atoms with E-state index in [1.807, 2.05) is 19.9 Å². The average Bonchev–Trinajstić information content (AvgIpc) is 2.65. The zero-order chi connectivity index (χ0) is 19.9. The zero-order valence-corrected chi connectivity index (χ0v) is 17.2. The van der Waals surface area contributed by atoms with Crippen molar-refractivity contribution in [1.82, 2.24) is 0 Å². The fraction of sp³-hybridized carbons (Fsp3) is 0.409. The predicted octanol–water partition coefficient (Wildman–Crippen LogP) is 5.02. The van der Waals surface area contributed by atoms with E-state index in [1.54, 1.807) is 41.3 Å². The number of amides is 2. The molecule has 2 amide bonds. The molecule has 2 aromatic carbocycles. The number of anilines is 2. The number of rotatable bonds is 3. The smallest absolute Gasteiger partial charge is 0.292 e. The van der Waals surface area contributed by atoms with Gasteiger partial charge in [-0.15, -0.1) is 0 Å². The van der Waals surface area contributed by atoms with Gasteiger partial charge in [0.1, 0.15) is 4.90 Å². The first-order valence-corrected chi connectivity index (χ1v) is 11.4. The van der Waals surface area contributed by atoms with Crippen LogP contribution >= 0.6 is 0 Å². The van der Waals surface area contributed by atoms with E-state index in [4.69, 9.17) is 0 Å². The highest BCUT2D eigenvalue weighted by Gasteiger charge is 2.43. The molecule has 2 aromatic rings. The predicted molar refractivity (Wildman–Crippen MR) is 111 cm³/mol. The molecule has 0 aromatic heterocycles. The lowest BCUT2D eigenvalue weighted by atomic mass is 9.89. The SMILES string of the molecule is Cc1cc(C)cc(N2C(=O)N(CC3CCCCC3)c3ccccc3S2(=O)=O)c1. The number of fused-ring (bicyclic) bond motifs is 1. The minimum Gasteiger partial charge on any atom is -0.292 e. The van der Waals surface area contributed by atoms with Gasteiger partial charge in [0, 0.05) is 6.54 Å². The molecule has 5 nitrogen and oxygen atoms in total. The van der Waals surface area contributed by atoms with Crippen LogP contribution < -0.4 is 9.21 Å². The minimum absolute atomic E-state index is 0.199. The topological polar surface area (TPSA) is 57.7 Å². The van der Waals surface area contributed by atoms with Crippen molar-refractivity contribution in [1.29, 1.82) is 0 Å². The van der Waals surface area contributed by atoms with E-state index < -0.39 is 16.1 Å². The number of para-hydroxylation sites is 1. The normalized spacial score (nSPS) is 19.6. The maximum absolute atomic E-state index is 13.5. The van der Waals surface area contributed by atoms with Crippen molar-refractivity contribution in [3.63, 3.8) is 0 Å². The molecule has 0 unspecified atom stereocenters. The van der Waals surface area contributed by atoms with Gasteiger partial charge in [0.05, 0.1) is 11.4 Å². The van der Waals surface area contributed by atoms with Gasteiger partial charge >= 0.3 is 6.03 Å². The van der Waals surface area contributed by atoms with E-state index in [0.29, 0.717) is 23.8 Å². The second-order valence-corrected chi connectivity index (χ2v) is 9.74. The van der Waals surface area contributed by atoms with Gasteiger partial charge < -0.3 is 0 Å². The number of carbonyl (C=O) groups excluding carboxylic acids is 1. The van der Waals surface area contributed by atoms with Gasteiger partial charge in [-0.05, 0) is 68.0 Å². The summed E-state index contributed by atoms with van der Waals surface area (Å²) in [5.41, 5.74) is 2.76. The van der Waals surface area contributed by atoms with Crippen LogP contribution in [0.3, 0.4) is 0 Å². The lowest BCUT2D eigenvalue weighted by Gasteiger charge is -2.38. The number of hydrogen-bond acceptors (Lipinski definition) is 3. The van der Waals surface area contributed by atoms with Crippen LogP contribution in [0.1, 0.15) is 43.2 Å². The number of aryl methyl sites for hydroxylation is 2. The highest BCUT2D eigenvalue weighted by molar-refractivity contribution is 7.94. The Balaban J connectivity index is 1.82. The van der Waals surface area contributed by atoms with Gasteiger partial charge in [-0.3, -0.25) is 4.90 Å². The van der Waals surface area contributed by atoms with Gasteiger partial charge in [0.2, 0.25) is 0 Å². The first kappa shape index (κ1) is 19.0. The summed E-state index contributed by atoms with van der Waals surface area (Å²) < 4.78 is 27.7. The lowest BCUT2D eigenvalue weighted by molar-refractivity contribution is 0.250. The van der Waals surface area contributed by atoms with Gasteiger partial charge in [0.15, 0.2) is 0 Å². The molecular weight excluding hydrogens is 372 g/mol. The fourth-order valence-corrected chi connectivity index (χ4v) is 6.01. The Morgan fingerprint density at radius 2 is 1.61 bits per heavy atom. The second kappa shape index (κ2) is 7.24. The standard InChI is InChI=1S/C22H26N2O3S/c1-16-12-17(2)14-19(13-16)24-22(25)23(15-18-8-4-3-5-9-18)20-10-6-7-11-21(20)28(24,26)27/h6-7,10-14,18H,3-5,8-9,15H2,1-2H3. The van der Waals surface area contributed by atoms with Gasteiger partial charge in [-0.2, -0.15) is 4.31 Å². The highest BCUT2D eigenvalue weighted by atomic mass is 32.2. The average molecular weight is 399 g/mol. The second-order valence-electron chi connectivity index (χ2n) is 7.98. The van der Waals surface area contributed by atoms with Crippen molar-refractivity contribution >= 4 is 27.4 Å². The third-order valence-corrected chi connectivity index (χ3v) is 7.43. The number of benzene rings is 2. The summed E-state index contributed by atoms with van der Waals surface area (Å²) in [6.07, 6.45) is 5.76. The molecule has 1 aliphatic heterocycles. The molecule has 1 heterocycles. The van der Waals surface area contributed by atoms with E-state index >= 15 is 0 Å². The summed E-state index contributed by atoms with van der Waals surface area (Å²) in [5.74, 6) is 0.410. The van der Waals surface area contributed by atoms with E-state index in [2.05, 4.69) is 0 Å². The Labute approximate surface area is 167 Å². The van der Waals surface area contributed by atoms with E-state index in [0.717, 1.165) is 28.3 Å². The summed E-state index contributed by atoms with van der Waals surface area (Å²) in [5, 5.41) is 0. The van der Waals surface area contributed by atoms with Crippen LogP contribution in [0.2, 0.25) is 0 Å². The van der Waals surface area contributed by atoms with Crippen molar-refractivity contribution < 1.29 is 13.2 Å². The van der Waals surface area contributed by atoms with Gasteiger partial charge in [0.25, 0.3) is 10.0 Å². The largest absolute Gasteiger partial charge is 0.343 e. The molecule has 0 N–H and O–H groups in total. The van der Waals surface area contributed by atoms with Gasteiger partial charge in [-0.25, -0.2) is 13.2 Å². The first-order chi connectivity index (χ1) is 13.4. The number of hydrogen-bond donors (Lipinski definition) is 0. The van der Waals surface area contributed by atoms with Crippen LogP contribution in [-0.4, -0.2) is 21.0 Å². The molecule has 0 radical (unpaired) electrons. The molecule has 0 atom stereocenters. The molecule has 148 valence electrons. The monoisotopic (exact) mass is 398 g/mol. The van der Waals surface area contributed by atoms with E-state index in [-0.39, 0.29) is 4.90 Å². The van der Waals surface area contributed by atoms with Crippen molar-refractivity contribution in [3.8, 4) is 0 Å². The van der Waals surface area contributed by atoms with Crippen LogP contribution in [0, 0.1) is 19.8 Å². The molecule has 1 aliphatic carbocycles. The van der Waals surface area contributed by atoms with Crippen molar-refractivity contribution in [2.75, 3.05) is 15.7 Å². The van der Waals surface area contributed by atoms with Crippen molar-refractivity contribution in [3.05, 3.63) is 53.6 Å². The highest BCUT2D eigenvalue weighted by Crippen LogP contribution is 2.39. The quantitative estimate of drug-likeness (QED) is 0.729. The molecule has 2 aliphatic rings. The van der Waals surface area contributed by atoms with Crippen LogP contribution in [0.15, 0.2) is 47.4 Å². The molecule has 28 heavy (non-hydrogen) atoms. The number of sulfonamides is 1. The van der Waals surface area contributed by atoms with Crippen molar-refractivity contribution in [2.24, 2.45) is 5.92 Å².